The van der Waals surface area contributed by atoms with Crippen molar-refractivity contribution in [2.24, 2.45) is 0 Å². The molecule has 25 nitrogen and oxygen atoms in total. The maximum Gasteiger partial charge on any atom is 0.397 e. The summed E-state index contributed by atoms with van der Waals surface area (Å²) in [5.74, 6) is -7.23. The van der Waals surface area contributed by atoms with Crippen LogP contribution >= 0.6 is 0 Å². The Labute approximate surface area is 300 Å². The molecule has 0 bridgehead atoms. The topological polar surface area (TPSA) is 396 Å². The summed E-state index contributed by atoms with van der Waals surface area (Å²) in [6.45, 7) is -0.182. The summed E-state index contributed by atoms with van der Waals surface area (Å²) in [5.41, 5.74) is 0. The highest BCUT2D eigenvalue weighted by molar-refractivity contribution is 7.80. The molecule has 53 heavy (non-hydrogen) atoms. The molecule has 3 saturated heterocycles. The fraction of sp³-hybridized carbons (Fsp3) is 0.852. The number of aliphatic hydroxyl groups is 8. The molecular formula is C27H45N3O22S. The van der Waals surface area contributed by atoms with Crippen molar-refractivity contribution >= 4 is 34.1 Å². The quantitative estimate of drug-likeness (QED) is 0.0684. The van der Waals surface area contributed by atoms with Crippen molar-refractivity contribution < 1.29 is 106 Å². The molecule has 0 aliphatic carbocycles. The highest BCUT2D eigenvalue weighted by Gasteiger charge is 2.57. The van der Waals surface area contributed by atoms with Gasteiger partial charge in [0.2, 0.25) is 17.7 Å². The van der Waals surface area contributed by atoms with Gasteiger partial charge in [0, 0.05) is 27.2 Å². The van der Waals surface area contributed by atoms with Crippen molar-refractivity contribution in [3.8, 4) is 0 Å². The summed E-state index contributed by atoms with van der Waals surface area (Å²) in [7, 11) is -5.10. The van der Waals surface area contributed by atoms with Gasteiger partial charge in [-0.1, -0.05) is 0 Å². The van der Waals surface area contributed by atoms with Gasteiger partial charge in [-0.15, -0.1) is 0 Å². The number of carboxylic acids is 1. The minimum atomic E-state index is -5.10. The van der Waals surface area contributed by atoms with Gasteiger partial charge in [-0.25, -0.2) is 8.98 Å². The standard InChI is InChI=1S/C27H45N3O22S/c1-8(32)28-15-11(35)4-27(26(42)43,52-23(15)18(37)12(36)5-31)47-6-13-20(39)22(17(24(41)49-13)30-10(3)34)51-25-16(29-9(2)33)21(40)19(38)14(50-25)7-48-53(44,45)46/h11-25,31,35-41H,4-7H2,1-3H3,(H,28,32)(H,29,33)(H,30,34)(H,42,43)(H,44,45,46)/t11-,12+,13+,14+,15+,16+,17+,18+,19+,20-,21+,22+,23+,24-,25-,27+/m0/s1. The van der Waals surface area contributed by atoms with E-state index in [0.717, 1.165) is 20.8 Å². The zero-order valence-corrected chi connectivity index (χ0v) is 29.1. The molecule has 0 aromatic heterocycles. The average Bonchev–Trinajstić information content (AvgIpc) is 3.05. The first kappa shape index (κ1) is 44.6. The molecule has 306 valence electrons. The first-order valence-electron chi connectivity index (χ1n) is 15.8. The third kappa shape index (κ3) is 11.2. The fourth-order valence-corrected chi connectivity index (χ4v) is 6.30. The van der Waals surface area contributed by atoms with Crippen LogP contribution in [-0.4, -0.2) is 200 Å². The second-order valence-corrected chi connectivity index (χ2v) is 13.6. The molecule has 0 radical (unpaired) electrons. The van der Waals surface area contributed by atoms with Gasteiger partial charge in [0.25, 0.3) is 5.79 Å². The Balaban J connectivity index is 1.95. The van der Waals surface area contributed by atoms with Gasteiger partial charge in [0.15, 0.2) is 12.6 Å². The zero-order chi connectivity index (χ0) is 40.2. The molecule has 3 heterocycles. The Morgan fingerprint density at radius 2 is 1.38 bits per heavy atom. The molecule has 13 N–H and O–H groups in total. The highest BCUT2D eigenvalue weighted by Crippen LogP contribution is 2.35. The van der Waals surface area contributed by atoms with Crippen molar-refractivity contribution in [1.29, 1.82) is 0 Å². The normalized spacial score (nSPS) is 39.0. The van der Waals surface area contributed by atoms with E-state index >= 15 is 0 Å². The lowest BCUT2D eigenvalue weighted by atomic mass is 9.88. The average molecular weight is 796 g/mol. The van der Waals surface area contributed by atoms with Crippen LogP contribution in [0.15, 0.2) is 0 Å². The molecular weight excluding hydrogens is 750 g/mol. The minimum Gasteiger partial charge on any atom is -0.477 e. The van der Waals surface area contributed by atoms with Crippen molar-refractivity contribution in [3.63, 3.8) is 0 Å². The third-order valence-electron chi connectivity index (χ3n) is 8.47. The minimum absolute atomic E-state index is 0.758. The predicted octanol–water partition coefficient (Wildman–Crippen LogP) is -8.11. The van der Waals surface area contributed by atoms with Crippen molar-refractivity contribution in [1.82, 2.24) is 16.0 Å². The van der Waals surface area contributed by atoms with Gasteiger partial charge in [-0.2, -0.15) is 8.42 Å². The lowest BCUT2D eigenvalue weighted by Crippen LogP contribution is -2.70. The van der Waals surface area contributed by atoms with E-state index in [4.69, 9.17) is 28.2 Å². The number of carboxylic acid groups (broad SMARTS) is 1. The zero-order valence-electron chi connectivity index (χ0n) is 28.3. The van der Waals surface area contributed by atoms with Crippen LogP contribution in [0.2, 0.25) is 0 Å². The molecule has 0 saturated carbocycles. The first-order chi connectivity index (χ1) is 24.5. The number of aliphatic carboxylic acids is 1. The number of amides is 3. The Bertz CT molecular complexity index is 1410. The Hall–Kier alpha value is -2.77. The number of rotatable bonds is 15. The molecule has 0 aromatic carbocycles. The molecule has 0 aromatic rings. The van der Waals surface area contributed by atoms with Crippen LogP contribution in [0.25, 0.3) is 0 Å². The number of ether oxygens (including phenoxy) is 5. The van der Waals surface area contributed by atoms with E-state index in [0.29, 0.717) is 0 Å². The van der Waals surface area contributed by atoms with Crippen molar-refractivity contribution in [3.05, 3.63) is 0 Å². The van der Waals surface area contributed by atoms with Crippen LogP contribution in [0, 0.1) is 0 Å². The molecule has 3 fully saturated rings. The predicted molar refractivity (Wildman–Crippen MR) is 164 cm³/mol. The molecule has 26 heteroatoms. The largest absolute Gasteiger partial charge is 0.477 e. The van der Waals surface area contributed by atoms with E-state index in [1.54, 1.807) is 0 Å². The van der Waals surface area contributed by atoms with E-state index in [1.165, 1.54) is 0 Å². The summed E-state index contributed by atoms with van der Waals surface area (Å²) in [6, 6.07) is -4.93. The van der Waals surface area contributed by atoms with Gasteiger partial charge in [0.1, 0.15) is 67.0 Å². The molecule has 16 atom stereocenters. The maximum absolute atomic E-state index is 12.6. The van der Waals surface area contributed by atoms with Crippen LogP contribution in [0.4, 0.5) is 0 Å². The number of aliphatic hydroxyl groups excluding tert-OH is 8. The smallest absolute Gasteiger partial charge is 0.397 e. The Kier molecular flexibility index (Phi) is 15.4. The SMILES string of the molecule is CC(=O)N[C@@H]1[C@@H](O[C@@H]2O[C@H](COS(=O)(=O)O)[C@@H](O)[C@H](O)[C@H]2NC(C)=O)[C@@H](O)[C@@H](CO[C@]2(C(=O)O)C[C@H](O)[C@@H](NC(C)=O)[C@H]([C@H](O)[C@H](O)CO)O2)O[C@@H]1O. The Morgan fingerprint density at radius 1 is 0.830 bits per heavy atom. The van der Waals surface area contributed by atoms with E-state index in [9.17, 15) is 73.6 Å². The maximum atomic E-state index is 12.6. The van der Waals surface area contributed by atoms with Crippen LogP contribution < -0.4 is 16.0 Å². The van der Waals surface area contributed by atoms with E-state index in [-0.39, 0.29) is 0 Å². The number of carbonyl (C=O) groups is 4. The summed E-state index contributed by atoms with van der Waals surface area (Å²) in [6.07, 6.45) is -24.4. The second-order valence-electron chi connectivity index (χ2n) is 12.5. The molecule has 3 rings (SSSR count). The van der Waals surface area contributed by atoms with Gasteiger partial charge < -0.3 is 85.6 Å². The monoisotopic (exact) mass is 795 g/mol. The van der Waals surface area contributed by atoms with E-state index in [2.05, 4.69) is 20.1 Å². The van der Waals surface area contributed by atoms with Gasteiger partial charge in [0.05, 0.1) is 32.0 Å². The molecule has 3 aliphatic rings. The third-order valence-corrected chi connectivity index (χ3v) is 8.91. The molecule has 3 amide bonds. The number of nitrogens with one attached hydrogen (secondary N) is 3. The fourth-order valence-electron chi connectivity index (χ4n) is 6.00. The molecule has 3 aliphatic heterocycles. The van der Waals surface area contributed by atoms with Crippen LogP contribution in [0.1, 0.15) is 27.2 Å². The van der Waals surface area contributed by atoms with Crippen LogP contribution in [-0.2, 0) is 57.4 Å². The molecule has 0 spiro atoms. The Morgan fingerprint density at radius 3 is 1.91 bits per heavy atom. The van der Waals surface area contributed by atoms with Crippen molar-refractivity contribution in [2.45, 2.75) is 125 Å². The first-order valence-corrected chi connectivity index (χ1v) is 17.2. The number of carbonyl (C=O) groups excluding carboxylic acids is 3. The molecule has 0 unspecified atom stereocenters. The van der Waals surface area contributed by atoms with E-state index in [1.807, 2.05) is 0 Å². The van der Waals surface area contributed by atoms with Crippen LogP contribution in [0.5, 0.6) is 0 Å². The van der Waals surface area contributed by atoms with Gasteiger partial charge in [-0.3, -0.25) is 18.9 Å². The van der Waals surface area contributed by atoms with Crippen LogP contribution in [0.3, 0.4) is 0 Å². The summed E-state index contributed by atoms with van der Waals surface area (Å²) >= 11 is 0. The summed E-state index contributed by atoms with van der Waals surface area (Å²) < 4.78 is 63.3. The summed E-state index contributed by atoms with van der Waals surface area (Å²) in [5, 5.41) is 101. The lowest BCUT2D eigenvalue weighted by Gasteiger charge is -2.49. The second kappa shape index (κ2) is 18.2. The number of hydrogen-bond acceptors (Lipinski definition) is 20. The lowest BCUT2D eigenvalue weighted by molar-refractivity contribution is -0.341. The summed E-state index contributed by atoms with van der Waals surface area (Å²) in [4.78, 5) is 48.4. The highest BCUT2D eigenvalue weighted by atomic mass is 32.3. The van der Waals surface area contributed by atoms with Gasteiger partial charge >= 0.3 is 16.4 Å². The van der Waals surface area contributed by atoms with Crippen molar-refractivity contribution in [2.75, 3.05) is 19.8 Å². The van der Waals surface area contributed by atoms with Gasteiger partial charge in [-0.05, 0) is 0 Å². The van der Waals surface area contributed by atoms with E-state index < -0.39 is 158 Å². The number of hydrogen-bond donors (Lipinski definition) is 13.